The van der Waals surface area contributed by atoms with Crippen molar-refractivity contribution in [2.24, 2.45) is 0 Å². The molecule has 0 aliphatic carbocycles. The van der Waals surface area contributed by atoms with Crippen molar-refractivity contribution in [3.63, 3.8) is 0 Å². The van der Waals surface area contributed by atoms with E-state index in [1.807, 2.05) is 38.5 Å². The predicted molar refractivity (Wildman–Crippen MR) is 70.7 cm³/mol. The second kappa shape index (κ2) is 5.60. The highest BCUT2D eigenvalue weighted by molar-refractivity contribution is 5.34. The fourth-order valence-corrected chi connectivity index (χ4v) is 1.98. The number of hydrogen-bond donors (Lipinski definition) is 1. The molecular formula is C14H17N3O. The minimum atomic E-state index is 0.0919. The number of ether oxygens (including phenoxy) is 1. The lowest BCUT2D eigenvalue weighted by atomic mass is 10.0. The molecule has 4 heteroatoms. The fraction of sp³-hybridized carbons (Fsp3) is 0.286. The van der Waals surface area contributed by atoms with Crippen LogP contribution >= 0.6 is 0 Å². The maximum absolute atomic E-state index is 5.21. The third kappa shape index (κ3) is 2.65. The quantitative estimate of drug-likeness (QED) is 0.893. The van der Waals surface area contributed by atoms with Gasteiger partial charge in [0.2, 0.25) is 0 Å². The smallest absolute Gasteiger partial charge is 0.137 e. The molecule has 0 fully saturated rings. The first-order valence-corrected chi connectivity index (χ1v) is 5.83. The van der Waals surface area contributed by atoms with E-state index >= 15 is 0 Å². The number of nitrogens with zero attached hydrogens (tertiary/aromatic N) is 2. The first-order chi connectivity index (χ1) is 8.74. The van der Waals surface area contributed by atoms with E-state index in [0.717, 1.165) is 17.0 Å². The van der Waals surface area contributed by atoms with Gasteiger partial charge >= 0.3 is 0 Å². The Bertz CT molecular complexity index is 528. The molecule has 94 valence electrons. The van der Waals surface area contributed by atoms with Crippen LogP contribution in [0, 0.1) is 6.92 Å². The number of pyridine rings is 2. The molecule has 2 rings (SSSR count). The first-order valence-electron chi connectivity index (χ1n) is 5.83. The van der Waals surface area contributed by atoms with Crippen molar-refractivity contribution < 1.29 is 4.74 Å². The Balaban J connectivity index is 2.38. The molecule has 0 aliphatic heterocycles. The van der Waals surface area contributed by atoms with Crippen molar-refractivity contribution in [1.82, 2.24) is 15.3 Å². The average molecular weight is 243 g/mol. The Morgan fingerprint density at radius 2 is 2.06 bits per heavy atom. The lowest BCUT2D eigenvalue weighted by Crippen LogP contribution is -2.18. The molecule has 1 unspecified atom stereocenters. The number of rotatable bonds is 4. The maximum Gasteiger partial charge on any atom is 0.137 e. The molecule has 4 nitrogen and oxygen atoms in total. The number of aromatic nitrogens is 2. The van der Waals surface area contributed by atoms with Crippen LogP contribution in [0.2, 0.25) is 0 Å². The Morgan fingerprint density at radius 1 is 1.22 bits per heavy atom. The lowest BCUT2D eigenvalue weighted by Gasteiger charge is -2.17. The molecule has 0 radical (unpaired) electrons. The van der Waals surface area contributed by atoms with E-state index in [1.165, 1.54) is 5.56 Å². The molecule has 0 aromatic carbocycles. The zero-order chi connectivity index (χ0) is 13.0. The highest BCUT2D eigenvalue weighted by Gasteiger charge is 2.13. The summed E-state index contributed by atoms with van der Waals surface area (Å²) in [4.78, 5) is 8.41. The molecule has 0 spiro atoms. The summed E-state index contributed by atoms with van der Waals surface area (Å²) in [5.74, 6) is 0.763. The molecule has 2 aromatic heterocycles. The van der Waals surface area contributed by atoms with Gasteiger partial charge in [-0.2, -0.15) is 0 Å². The van der Waals surface area contributed by atoms with Gasteiger partial charge in [0.05, 0.1) is 19.3 Å². The summed E-state index contributed by atoms with van der Waals surface area (Å²) in [6.07, 6.45) is 5.37. The molecule has 0 bridgehead atoms. The predicted octanol–water partition coefficient (Wildman–Crippen LogP) is 2.10. The highest BCUT2D eigenvalue weighted by Crippen LogP contribution is 2.23. The van der Waals surface area contributed by atoms with E-state index in [2.05, 4.69) is 21.4 Å². The monoisotopic (exact) mass is 243 g/mol. The lowest BCUT2D eigenvalue weighted by molar-refractivity contribution is 0.411. The Labute approximate surface area is 107 Å². The number of methoxy groups -OCH3 is 1. The van der Waals surface area contributed by atoms with Crippen molar-refractivity contribution in [3.05, 3.63) is 53.6 Å². The van der Waals surface area contributed by atoms with Crippen molar-refractivity contribution in [2.75, 3.05) is 14.2 Å². The fourth-order valence-electron chi connectivity index (χ4n) is 1.98. The summed E-state index contributed by atoms with van der Waals surface area (Å²) in [5.41, 5.74) is 3.24. The van der Waals surface area contributed by atoms with Crippen LogP contribution < -0.4 is 10.1 Å². The van der Waals surface area contributed by atoms with E-state index in [0.29, 0.717) is 0 Å². The Hall–Kier alpha value is -1.94. The SMILES string of the molecule is CNC(c1cncc(OC)c1)c1ccnc(C)c1. The highest BCUT2D eigenvalue weighted by atomic mass is 16.5. The molecular weight excluding hydrogens is 226 g/mol. The van der Waals surface area contributed by atoms with E-state index in [4.69, 9.17) is 4.74 Å². The van der Waals surface area contributed by atoms with Gasteiger partial charge in [-0.15, -0.1) is 0 Å². The van der Waals surface area contributed by atoms with Gasteiger partial charge in [0, 0.05) is 18.1 Å². The van der Waals surface area contributed by atoms with Crippen molar-refractivity contribution in [1.29, 1.82) is 0 Å². The Morgan fingerprint density at radius 3 is 2.72 bits per heavy atom. The van der Waals surface area contributed by atoms with Crippen LogP contribution in [0.4, 0.5) is 0 Å². The van der Waals surface area contributed by atoms with Crippen LogP contribution in [0.1, 0.15) is 22.9 Å². The molecule has 0 aliphatic rings. The van der Waals surface area contributed by atoms with Gasteiger partial charge in [0.1, 0.15) is 5.75 Å². The average Bonchev–Trinajstić information content (AvgIpc) is 2.40. The third-order valence-electron chi connectivity index (χ3n) is 2.85. The molecule has 2 heterocycles. The minimum Gasteiger partial charge on any atom is -0.495 e. The second-order valence-corrected chi connectivity index (χ2v) is 4.11. The van der Waals surface area contributed by atoms with Gasteiger partial charge in [-0.25, -0.2) is 0 Å². The van der Waals surface area contributed by atoms with Crippen molar-refractivity contribution in [2.45, 2.75) is 13.0 Å². The number of hydrogen-bond acceptors (Lipinski definition) is 4. The molecule has 0 saturated carbocycles. The van der Waals surface area contributed by atoms with Crippen LogP contribution in [0.3, 0.4) is 0 Å². The van der Waals surface area contributed by atoms with Crippen LogP contribution in [0.25, 0.3) is 0 Å². The summed E-state index contributed by atoms with van der Waals surface area (Å²) >= 11 is 0. The summed E-state index contributed by atoms with van der Waals surface area (Å²) in [7, 11) is 3.58. The molecule has 1 N–H and O–H groups in total. The Kier molecular flexibility index (Phi) is 3.89. The van der Waals surface area contributed by atoms with Crippen LogP contribution in [-0.2, 0) is 0 Å². The zero-order valence-electron chi connectivity index (χ0n) is 10.8. The molecule has 0 amide bonds. The van der Waals surface area contributed by atoms with Gasteiger partial charge in [-0.05, 0) is 43.3 Å². The van der Waals surface area contributed by atoms with Gasteiger partial charge < -0.3 is 10.1 Å². The third-order valence-corrected chi connectivity index (χ3v) is 2.85. The topological polar surface area (TPSA) is 47.0 Å². The van der Waals surface area contributed by atoms with Gasteiger partial charge in [0.25, 0.3) is 0 Å². The molecule has 1 atom stereocenters. The molecule has 18 heavy (non-hydrogen) atoms. The van der Waals surface area contributed by atoms with Crippen LogP contribution in [-0.4, -0.2) is 24.1 Å². The van der Waals surface area contributed by atoms with E-state index in [1.54, 1.807) is 13.3 Å². The van der Waals surface area contributed by atoms with E-state index in [-0.39, 0.29) is 6.04 Å². The first kappa shape index (κ1) is 12.5. The standard InChI is InChI=1S/C14H17N3O/c1-10-6-11(4-5-17-10)14(15-2)12-7-13(18-3)9-16-8-12/h4-9,14-15H,1-3H3. The van der Waals surface area contributed by atoms with Gasteiger partial charge in [-0.3, -0.25) is 9.97 Å². The molecule has 2 aromatic rings. The number of aryl methyl sites for hydroxylation is 1. The normalized spacial score (nSPS) is 12.2. The minimum absolute atomic E-state index is 0.0919. The molecule has 0 saturated heterocycles. The largest absolute Gasteiger partial charge is 0.495 e. The summed E-state index contributed by atoms with van der Waals surface area (Å²) in [6.45, 7) is 1.99. The van der Waals surface area contributed by atoms with E-state index in [9.17, 15) is 0 Å². The van der Waals surface area contributed by atoms with Crippen molar-refractivity contribution in [3.8, 4) is 5.75 Å². The maximum atomic E-state index is 5.21. The zero-order valence-corrected chi connectivity index (χ0v) is 10.8. The number of nitrogens with one attached hydrogen (secondary N) is 1. The van der Waals surface area contributed by atoms with Crippen LogP contribution in [0.5, 0.6) is 5.75 Å². The summed E-state index contributed by atoms with van der Waals surface area (Å²) in [6, 6.07) is 6.16. The summed E-state index contributed by atoms with van der Waals surface area (Å²) < 4.78 is 5.21. The van der Waals surface area contributed by atoms with E-state index < -0.39 is 0 Å². The van der Waals surface area contributed by atoms with Crippen molar-refractivity contribution >= 4 is 0 Å². The second-order valence-electron chi connectivity index (χ2n) is 4.11. The summed E-state index contributed by atoms with van der Waals surface area (Å²) in [5, 5.41) is 3.29. The van der Waals surface area contributed by atoms with Gasteiger partial charge in [-0.1, -0.05) is 0 Å². The van der Waals surface area contributed by atoms with Crippen LogP contribution in [0.15, 0.2) is 36.8 Å². The van der Waals surface area contributed by atoms with Gasteiger partial charge in [0.15, 0.2) is 0 Å².